The van der Waals surface area contributed by atoms with Gasteiger partial charge < -0.3 is 9.80 Å². The summed E-state index contributed by atoms with van der Waals surface area (Å²) in [6.07, 6.45) is 14.7. The largest absolute Gasteiger partial charge is 0.343 e. The molecule has 25 heavy (non-hydrogen) atoms. The first kappa shape index (κ1) is 18.8. The van der Waals surface area contributed by atoms with Gasteiger partial charge >= 0.3 is 0 Å². The lowest BCUT2D eigenvalue weighted by Crippen LogP contribution is -2.37. The molecular weight excluding hydrogens is 332 g/mol. The third kappa shape index (κ3) is 5.25. The van der Waals surface area contributed by atoms with E-state index in [0.717, 1.165) is 45.3 Å². The van der Waals surface area contributed by atoms with Gasteiger partial charge in [-0.2, -0.15) is 0 Å². The number of piperidine rings is 1. The van der Waals surface area contributed by atoms with Crippen LogP contribution in [0, 0.1) is 5.92 Å². The molecule has 0 bridgehead atoms. The van der Waals surface area contributed by atoms with Gasteiger partial charge in [0, 0.05) is 37.5 Å². The second-order valence-corrected chi connectivity index (χ2v) is 8.61. The minimum absolute atomic E-state index is 0.151. The Kier molecular flexibility index (Phi) is 7.26. The Bertz CT molecular complexity index is 498. The molecule has 1 aliphatic carbocycles. The SMILES string of the molecule is O=C(CCSC(=O)N1CCCC2CCCC=C21)N1CCCCCCC1. The van der Waals surface area contributed by atoms with Crippen molar-refractivity contribution < 1.29 is 9.59 Å². The maximum Gasteiger partial charge on any atom is 0.285 e. The second kappa shape index (κ2) is 9.65. The molecule has 0 aromatic rings. The molecule has 0 aromatic carbocycles. The summed E-state index contributed by atoms with van der Waals surface area (Å²) in [6, 6.07) is 0. The number of carbonyl (C=O) groups is 2. The van der Waals surface area contributed by atoms with E-state index in [9.17, 15) is 9.59 Å². The van der Waals surface area contributed by atoms with Crippen LogP contribution in [0.5, 0.6) is 0 Å². The number of allylic oxidation sites excluding steroid dienone is 2. The van der Waals surface area contributed by atoms with Gasteiger partial charge in [-0.1, -0.05) is 37.1 Å². The highest BCUT2D eigenvalue weighted by Gasteiger charge is 2.30. The number of amides is 2. The lowest BCUT2D eigenvalue weighted by molar-refractivity contribution is -0.131. The van der Waals surface area contributed by atoms with Crippen LogP contribution in [0.4, 0.5) is 4.79 Å². The van der Waals surface area contributed by atoms with Gasteiger partial charge in [0.25, 0.3) is 5.24 Å². The summed E-state index contributed by atoms with van der Waals surface area (Å²) in [5.74, 6) is 1.44. The average Bonchev–Trinajstić information content (AvgIpc) is 2.60. The molecule has 0 saturated carbocycles. The number of likely N-dealkylation sites (tertiary alicyclic amines) is 2. The Morgan fingerprint density at radius 1 is 0.960 bits per heavy atom. The van der Waals surface area contributed by atoms with E-state index in [0.29, 0.717) is 18.1 Å². The number of rotatable bonds is 3. The van der Waals surface area contributed by atoms with Crippen molar-refractivity contribution in [1.29, 1.82) is 0 Å². The van der Waals surface area contributed by atoms with Crippen molar-refractivity contribution in [3.63, 3.8) is 0 Å². The molecule has 0 spiro atoms. The summed E-state index contributed by atoms with van der Waals surface area (Å²) in [5.41, 5.74) is 1.27. The molecule has 4 nitrogen and oxygen atoms in total. The summed E-state index contributed by atoms with van der Waals surface area (Å²) >= 11 is 1.34. The van der Waals surface area contributed by atoms with E-state index in [1.54, 1.807) is 0 Å². The predicted molar refractivity (Wildman–Crippen MR) is 104 cm³/mol. The minimum Gasteiger partial charge on any atom is -0.343 e. The zero-order valence-electron chi connectivity index (χ0n) is 15.4. The van der Waals surface area contributed by atoms with E-state index >= 15 is 0 Å². The molecule has 3 rings (SSSR count). The van der Waals surface area contributed by atoms with Crippen molar-refractivity contribution in [3.05, 3.63) is 11.8 Å². The first-order valence-electron chi connectivity index (χ1n) is 10.2. The van der Waals surface area contributed by atoms with E-state index in [4.69, 9.17) is 0 Å². The Hall–Kier alpha value is -0.970. The van der Waals surface area contributed by atoms with Crippen LogP contribution in [0.3, 0.4) is 0 Å². The summed E-state index contributed by atoms with van der Waals surface area (Å²) in [6.45, 7) is 2.66. The first-order valence-corrected chi connectivity index (χ1v) is 11.2. The number of fused-ring (bicyclic) bond motifs is 1. The van der Waals surface area contributed by atoms with Crippen LogP contribution in [-0.2, 0) is 4.79 Å². The molecule has 2 amide bonds. The summed E-state index contributed by atoms with van der Waals surface area (Å²) < 4.78 is 0. The molecular formula is C20H32N2O2S. The van der Waals surface area contributed by atoms with Gasteiger partial charge in [-0.25, -0.2) is 0 Å². The lowest BCUT2D eigenvalue weighted by Gasteiger charge is -2.37. The first-order chi connectivity index (χ1) is 12.3. The van der Waals surface area contributed by atoms with Crippen molar-refractivity contribution in [2.75, 3.05) is 25.4 Å². The molecule has 5 heteroatoms. The minimum atomic E-state index is 0.151. The van der Waals surface area contributed by atoms with E-state index in [1.165, 1.54) is 56.0 Å². The van der Waals surface area contributed by atoms with E-state index in [1.807, 2.05) is 9.80 Å². The average molecular weight is 365 g/mol. The van der Waals surface area contributed by atoms with Crippen molar-refractivity contribution >= 4 is 22.9 Å². The van der Waals surface area contributed by atoms with Crippen LogP contribution in [0.2, 0.25) is 0 Å². The highest BCUT2D eigenvalue weighted by molar-refractivity contribution is 8.13. The number of hydrogen-bond acceptors (Lipinski definition) is 3. The third-order valence-electron chi connectivity index (χ3n) is 5.75. The topological polar surface area (TPSA) is 40.6 Å². The zero-order valence-corrected chi connectivity index (χ0v) is 16.2. The monoisotopic (exact) mass is 364 g/mol. The molecule has 1 unspecified atom stereocenters. The highest BCUT2D eigenvalue weighted by atomic mass is 32.2. The van der Waals surface area contributed by atoms with Crippen LogP contribution < -0.4 is 0 Å². The molecule has 2 heterocycles. The van der Waals surface area contributed by atoms with Crippen molar-refractivity contribution in [1.82, 2.24) is 9.80 Å². The predicted octanol–water partition coefficient (Wildman–Crippen LogP) is 4.80. The number of thioether (sulfide) groups is 1. The second-order valence-electron chi connectivity index (χ2n) is 7.56. The van der Waals surface area contributed by atoms with Crippen LogP contribution in [-0.4, -0.2) is 46.3 Å². The standard InChI is InChI=1S/C20H32N2O2S/c23-19(21-13-6-2-1-3-7-14-21)12-16-25-20(24)22-15-8-10-17-9-4-5-11-18(17)22/h11,17H,1-10,12-16H2. The van der Waals surface area contributed by atoms with Gasteiger partial charge in [-0.05, 0) is 50.9 Å². The van der Waals surface area contributed by atoms with Crippen LogP contribution in [0.15, 0.2) is 11.8 Å². The Labute approximate surface area is 156 Å². The third-order valence-corrected chi connectivity index (χ3v) is 6.62. The van der Waals surface area contributed by atoms with Crippen molar-refractivity contribution in [3.8, 4) is 0 Å². The van der Waals surface area contributed by atoms with Gasteiger partial charge in [0.2, 0.25) is 5.91 Å². The molecule has 1 atom stereocenters. The molecule has 3 aliphatic rings. The van der Waals surface area contributed by atoms with Gasteiger partial charge in [-0.15, -0.1) is 0 Å². The zero-order chi connectivity index (χ0) is 17.5. The maximum absolute atomic E-state index is 12.6. The van der Waals surface area contributed by atoms with E-state index in [-0.39, 0.29) is 11.1 Å². The fourth-order valence-electron chi connectivity index (χ4n) is 4.33. The van der Waals surface area contributed by atoms with E-state index in [2.05, 4.69) is 6.08 Å². The van der Waals surface area contributed by atoms with Crippen LogP contribution >= 0.6 is 11.8 Å². The van der Waals surface area contributed by atoms with Gasteiger partial charge in [0.15, 0.2) is 0 Å². The lowest BCUT2D eigenvalue weighted by atomic mass is 9.85. The molecule has 140 valence electrons. The Morgan fingerprint density at radius 3 is 2.48 bits per heavy atom. The molecule has 0 aromatic heterocycles. The fraction of sp³-hybridized carbons (Fsp3) is 0.800. The summed E-state index contributed by atoms with van der Waals surface area (Å²) in [5, 5.41) is 0.151. The molecule has 0 N–H and O–H groups in total. The molecule has 2 saturated heterocycles. The van der Waals surface area contributed by atoms with Crippen LogP contribution in [0.25, 0.3) is 0 Å². The van der Waals surface area contributed by atoms with Gasteiger partial charge in [-0.3, -0.25) is 9.59 Å². The van der Waals surface area contributed by atoms with Gasteiger partial charge in [0.05, 0.1) is 0 Å². The summed E-state index contributed by atoms with van der Waals surface area (Å²) in [7, 11) is 0. The van der Waals surface area contributed by atoms with Gasteiger partial charge in [0.1, 0.15) is 0 Å². The normalized spacial score (nSPS) is 24.8. The van der Waals surface area contributed by atoms with Crippen LogP contribution in [0.1, 0.15) is 70.6 Å². The number of hydrogen-bond donors (Lipinski definition) is 0. The Balaban J connectivity index is 1.44. The highest BCUT2D eigenvalue weighted by Crippen LogP contribution is 2.36. The number of nitrogens with zero attached hydrogens (tertiary/aromatic N) is 2. The summed E-state index contributed by atoms with van der Waals surface area (Å²) in [4.78, 5) is 29.1. The maximum atomic E-state index is 12.6. The molecule has 2 fully saturated rings. The fourth-order valence-corrected chi connectivity index (χ4v) is 5.14. The van der Waals surface area contributed by atoms with Crippen molar-refractivity contribution in [2.24, 2.45) is 5.92 Å². The number of carbonyl (C=O) groups excluding carboxylic acids is 2. The molecule has 2 aliphatic heterocycles. The smallest absolute Gasteiger partial charge is 0.285 e. The molecule has 0 radical (unpaired) electrons. The van der Waals surface area contributed by atoms with E-state index < -0.39 is 0 Å². The van der Waals surface area contributed by atoms with Crippen molar-refractivity contribution in [2.45, 2.75) is 70.6 Å². The Morgan fingerprint density at radius 2 is 1.68 bits per heavy atom. The quantitative estimate of drug-likeness (QED) is 0.722.